The molecule has 1 saturated heterocycles. The normalized spacial score (nSPS) is 18.3. The first kappa shape index (κ1) is 14.2. The highest BCUT2D eigenvalue weighted by Gasteiger charge is 2.22. The standard InChI is InChI=1S/C13H18N2O3S/c1-2-18-12-4-3-10(5-9(12)6-16)15-13(17)11-7-19-8-14-11/h3-5,11,14,16H,2,6-8H2,1H3,(H,15,17). The van der Waals surface area contributed by atoms with Gasteiger partial charge in [-0.05, 0) is 25.1 Å². The van der Waals surface area contributed by atoms with Crippen LogP contribution in [0.5, 0.6) is 5.75 Å². The van der Waals surface area contributed by atoms with Gasteiger partial charge in [0.05, 0.1) is 19.3 Å². The minimum absolute atomic E-state index is 0.0435. The number of benzene rings is 1. The van der Waals surface area contributed by atoms with Crippen LogP contribution in [0.25, 0.3) is 0 Å². The Morgan fingerprint density at radius 1 is 1.63 bits per heavy atom. The molecule has 1 amide bonds. The predicted octanol–water partition coefficient (Wildman–Crippen LogP) is 1.18. The fourth-order valence-corrected chi connectivity index (χ4v) is 2.81. The Kier molecular flexibility index (Phi) is 5.07. The molecule has 1 aromatic carbocycles. The van der Waals surface area contributed by atoms with Gasteiger partial charge < -0.3 is 15.2 Å². The molecule has 1 fully saturated rings. The smallest absolute Gasteiger partial charge is 0.242 e. The zero-order valence-corrected chi connectivity index (χ0v) is 11.6. The van der Waals surface area contributed by atoms with Crippen molar-refractivity contribution in [1.29, 1.82) is 0 Å². The molecule has 1 unspecified atom stereocenters. The van der Waals surface area contributed by atoms with Gasteiger partial charge in [-0.25, -0.2) is 0 Å². The number of nitrogens with one attached hydrogen (secondary N) is 2. The van der Waals surface area contributed by atoms with Crippen LogP contribution in [0, 0.1) is 0 Å². The number of amides is 1. The summed E-state index contributed by atoms with van der Waals surface area (Å²) in [4.78, 5) is 11.9. The SMILES string of the molecule is CCOc1ccc(NC(=O)C2CSCN2)cc1CO. The number of carbonyl (C=O) groups is 1. The number of aliphatic hydroxyl groups is 1. The van der Waals surface area contributed by atoms with Gasteiger partial charge in [0.15, 0.2) is 0 Å². The molecule has 1 aliphatic rings. The van der Waals surface area contributed by atoms with Crippen LogP contribution < -0.4 is 15.4 Å². The third-order valence-electron chi connectivity index (χ3n) is 2.83. The molecule has 1 aromatic rings. The molecule has 0 bridgehead atoms. The van der Waals surface area contributed by atoms with Gasteiger partial charge in [-0.15, -0.1) is 11.8 Å². The molecule has 0 aromatic heterocycles. The van der Waals surface area contributed by atoms with E-state index in [9.17, 15) is 9.90 Å². The number of aliphatic hydroxyl groups excluding tert-OH is 1. The maximum absolute atomic E-state index is 11.9. The quantitative estimate of drug-likeness (QED) is 0.756. The fourth-order valence-electron chi connectivity index (χ4n) is 1.87. The maximum Gasteiger partial charge on any atom is 0.242 e. The van der Waals surface area contributed by atoms with E-state index in [0.29, 0.717) is 23.6 Å². The van der Waals surface area contributed by atoms with Crippen molar-refractivity contribution in [1.82, 2.24) is 5.32 Å². The van der Waals surface area contributed by atoms with E-state index >= 15 is 0 Å². The molecule has 6 heteroatoms. The molecular formula is C13H18N2O3S. The highest BCUT2D eigenvalue weighted by Crippen LogP contribution is 2.23. The van der Waals surface area contributed by atoms with E-state index in [4.69, 9.17) is 4.74 Å². The number of carbonyl (C=O) groups excluding carboxylic acids is 1. The number of hydrogen-bond acceptors (Lipinski definition) is 5. The first-order chi connectivity index (χ1) is 9.24. The van der Waals surface area contributed by atoms with E-state index in [-0.39, 0.29) is 18.6 Å². The second-order valence-electron chi connectivity index (χ2n) is 4.17. The summed E-state index contributed by atoms with van der Waals surface area (Å²) < 4.78 is 5.40. The summed E-state index contributed by atoms with van der Waals surface area (Å²) >= 11 is 1.71. The van der Waals surface area contributed by atoms with E-state index < -0.39 is 0 Å². The minimum atomic E-state index is -0.144. The zero-order valence-electron chi connectivity index (χ0n) is 10.8. The second kappa shape index (κ2) is 6.79. The Bertz CT molecular complexity index is 448. The molecule has 0 spiro atoms. The highest BCUT2D eigenvalue weighted by atomic mass is 32.2. The molecule has 104 valence electrons. The molecule has 1 heterocycles. The Balaban J connectivity index is 2.05. The maximum atomic E-state index is 11.9. The summed E-state index contributed by atoms with van der Waals surface area (Å²) in [6, 6.07) is 5.14. The number of ether oxygens (including phenoxy) is 1. The van der Waals surface area contributed by atoms with Crippen molar-refractivity contribution in [2.45, 2.75) is 19.6 Å². The van der Waals surface area contributed by atoms with Crippen molar-refractivity contribution in [2.75, 3.05) is 23.6 Å². The third-order valence-corrected chi connectivity index (χ3v) is 3.77. The summed E-state index contributed by atoms with van der Waals surface area (Å²) in [6.07, 6.45) is 0. The lowest BCUT2D eigenvalue weighted by atomic mass is 10.1. The van der Waals surface area contributed by atoms with Crippen molar-refractivity contribution < 1.29 is 14.6 Å². The lowest BCUT2D eigenvalue weighted by Gasteiger charge is -2.13. The van der Waals surface area contributed by atoms with Crippen molar-refractivity contribution in [2.24, 2.45) is 0 Å². The molecule has 1 atom stereocenters. The van der Waals surface area contributed by atoms with E-state index in [1.54, 1.807) is 30.0 Å². The summed E-state index contributed by atoms with van der Waals surface area (Å²) in [5, 5.41) is 15.3. The van der Waals surface area contributed by atoms with Crippen LogP contribution in [0.3, 0.4) is 0 Å². The van der Waals surface area contributed by atoms with Gasteiger partial charge in [0, 0.05) is 22.9 Å². The van der Waals surface area contributed by atoms with Crippen molar-refractivity contribution in [3.8, 4) is 5.75 Å². The van der Waals surface area contributed by atoms with Crippen LogP contribution in [0.1, 0.15) is 12.5 Å². The number of hydrogen-bond donors (Lipinski definition) is 3. The average molecular weight is 282 g/mol. The van der Waals surface area contributed by atoms with Crippen molar-refractivity contribution in [3.63, 3.8) is 0 Å². The molecule has 0 aliphatic carbocycles. The van der Waals surface area contributed by atoms with Gasteiger partial charge in [0.25, 0.3) is 0 Å². The van der Waals surface area contributed by atoms with Gasteiger partial charge >= 0.3 is 0 Å². The van der Waals surface area contributed by atoms with Gasteiger partial charge in [-0.2, -0.15) is 0 Å². The van der Waals surface area contributed by atoms with Crippen LogP contribution in [-0.4, -0.2) is 35.3 Å². The topological polar surface area (TPSA) is 70.6 Å². The number of thioether (sulfide) groups is 1. The van der Waals surface area contributed by atoms with E-state index in [1.165, 1.54) is 0 Å². The molecule has 3 N–H and O–H groups in total. The van der Waals surface area contributed by atoms with Crippen molar-refractivity contribution in [3.05, 3.63) is 23.8 Å². The average Bonchev–Trinajstić information content (AvgIpc) is 2.94. The van der Waals surface area contributed by atoms with Gasteiger partial charge in [-0.3, -0.25) is 10.1 Å². The van der Waals surface area contributed by atoms with Crippen LogP contribution in [0.15, 0.2) is 18.2 Å². The summed E-state index contributed by atoms with van der Waals surface area (Å²) in [6.45, 7) is 2.32. The Morgan fingerprint density at radius 2 is 2.47 bits per heavy atom. The fraction of sp³-hybridized carbons (Fsp3) is 0.462. The van der Waals surface area contributed by atoms with Gasteiger partial charge in [0.1, 0.15) is 5.75 Å². The molecule has 0 saturated carbocycles. The van der Waals surface area contributed by atoms with Crippen LogP contribution in [0.2, 0.25) is 0 Å². The Hall–Kier alpha value is -1.24. The first-order valence-electron chi connectivity index (χ1n) is 6.23. The van der Waals surface area contributed by atoms with Gasteiger partial charge in [0.2, 0.25) is 5.91 Å². The Morgan fingerprint density at radius 3 is 3.11 bits per heavy atom. The molecule has 5 nitrogen and oxygen atoms in total. The molecule has 2 rings (SSSR count). The predicted molar refractivity (Wildman–Crippen MR) is 76.4 cm³/mol. The molecule has 0 radical (unpaired) electrons. The summed E-state index contributed by atoms with van der Waals surface area (Å²) in [7, 11) is 0. The molecule has 19 heavy (non-hydrogen) atoms. The van der Waals surface area contributed by atoms with Crippen molar-refractivity contribution >= 4 is 23.4 Å². The Labute approximate surface area is 116 Å². The summed E-state index contributed by atoms with van der Waals surface area (Å²) in [5.41, 5.74) is 1.35. The molecular weight excluding hydrogens is 264 g/mol. The monoisotopic (exact) mass is 282 g/mol. The van der Waals surface area contributed by atoms with Gasteiger partial charge in [-0.1, -0.05) is 0 Å². The van der Waals surface area contributed by atoms with Crippen LogP contribution >= 0.6 is 11.8 Å². The summed E-state index contributed by atoms with van der Waals surface area (Å²) in [5.74, 6) is 2.20. The molecule has 1 aliphatic heterocycles. The highest BCUT2D eigenvalue weighted by molar-refractivity contribution is 7.99. The van der Waals surface area contributed by atoms with Crippen LogP contribution in [-0.2, 0) is 11.4 Å². The number of rotatable bonds is 5. The second-order valence-corrected chi connectivity index (χ2v) is 5.20. The zero-order chi connectivity index (χ0) is 13.7. The van der Waals surface area contributed by atoms with E-state index in [2.05, 4.69) is 10.6 Å². The third kappa shape index (κ3) is 3.62. The lowest BCUT2D eigenvalue weighted by molar-refractivity contribution is -0.117. The first-order valence-corrected chi connectivity index (χ1v) is 7.38. The lowest BCUT2D eigenvalue weighted by Crippen LogP contribution is -2.37. The van der Waals surface area contributed by atoms with Crippen LogP contribution in [0.4, 0.5) is 5.69 Å². The van der Waals surface area contributed by atoms with E-state index in [1.807, 2.05) is 6.92 Å². The van der Waals surface area contributed by atoms with E-state index in [0.717, 1.165) is 11.6 Å². The number of anilines is 1. The minimum Gasteiger partial charge on any atom is -0.494 e. The largest absolute Gasteiger partial charge is 0.494 e.